The number of azo groups is 1. The quantitative estimate of drug-likeness (QED) is 0.403. The number of carbonyl (C=O) groups excluding carboxylic acids is 2. The molecule has 1 N–H and O–H groups in total. The number of thioether (sulfide) groups is 1. The second kappa shape index (κ2) is 7.33. The number of amides is 1. The van der Waals surface area contributed by atoms with Gasteiger partial charge in [0.15, 0.2) is 5.69 Å². The molecule has 2 aliphatic rings. The van der Waals surface area contributed by atoms with E-state index in [9.17, 15) is 14.7 Å². The number of nitrogens with zero attached hydrogens (tertiary/aromatic N) is 4. The van der Waals surface area contributed by atoms with Crippen molar-refractivity contribution < 1.29 is 19.4 Å². The third-order valence-corrected chi connectivity index (χ3v) is 6.84. The van der Waals surface area contributed by atoms with Crippen LogP contribution >= 0.6 is 11.8 Å². The van der Waals surface area contributed by atoms with Crippen molar-refractivity contribution in [2.75, 3.05) is 7.11 Å². The standard InChI is InChI=1S/C22H24N4O4S/c1-10-7-13-11(2)9-22(4,5)26-18(13)16(12(10)3)17(20(26)29)24-25-21-23-19(28)14(31-21)8-15(27)30-6/h7-8,11,29H,9H2,1-6H3/b14-8-,25-24?. The van der Waals surface area contributed by atoms with Gasteiger partial charge in [-0.25, -0.2) is 4.79 Å². The molecule has 162 valence electrons. The molecular formula is C22H24N4O4S. The molecule has 1 aromatic carbocycles. The number of aliphatic imine (C=N–C) groups is 1. The Labute approximate surface area is 184 Å². The number of hydrogen-bond acceptors (Lipinski definition) is 7. The van der Waals surface area contributed by atoms with Crippen molar-refractivity contribution in [1.29, 1.82) is 0 Å². The number of methoxy groups -OCH3 is 1. The van der Waals surface area contributed by atoms with E-state index < -0.39 is 11.9 Å². The molecule has 0 fully saturated rings. The molecule has 9 heteroatoms. The fourth-order valence-electron chi connectivity index (χ4n) is 4.49. The molecule has 4 rings (SSSR count). The zero-order chi connectivity index (χ0) is 22.7. The zero-order valence-corrected chi connectivity index (χ0v) is 19.1. The van der Waals surface area contributed by atoms with Crippen LogP contribution in [0.5, 0.6) is 5.88 Å². The predicted molar refractivity (Wildman–Crippen MR) is 120 cm³/mol. The molecular weight excluding hydrogens is 416 g/mol. The van der Waals surface area contributed by atoms with Crippen molar-refractivity contribution in [2.45, 2.75) is 52.5 Å². The molecule has 1 aromatic heterocycles. The highest BCUT2D eigenvalue weighted by atomic mass is 32.2. The maximum Gasteiger partial charge on any atom is 0.331 e. The van der Waals surface area contributed by atoms with Gasteiger partial charge in [0.25, 0.3) is 5.91 Å². The van der Waals surface area contributed by atoms with E-state index in [0.29, 0.717) is 11.6 Å². The Balaban J connectivity index is 1.84. The second-order valence-corrected chi connectivity index (χ2v) is 9.60. The Hall–Kier alpha value is -2.94. The van der Waals surface area contributed by atoms with Crippen LogP contribution in [0.4, 0.5) is 5.69 Å². The molecule has 0 saturated carbocycles. The van der Waals surface area contributed by atoms with Gasteiger partial charge in [0.2, 0.25) is 11.0 Å². The number of aryl methyl sites for hydroxylation is 2. The summed E-state index contributed by atoms with van der Waals surface area (Å²) >= 11 is 0.940. The molecule has 0 radical (unpaired) electrons. The molecule has 3 heterocycles. The molecule has 1 amide bonds. The first-order valence-electron chi connectivity index (χ1n) is 9.95. The van der Waals surface area contributed by atoms with Gasteiger partial charge in [0.05, 0.1) is 17.5 Å². The molecule has 8 nitrogen and oxygen atoms in total. The van der Waals surface area contributed by atoms with Gasteiger partial charge in [-0.05, 0) is 68.5 Å². The van der Waals surface area contributed by atoms with Crippen molar-refractivity contribution in [2.24, 2.45) is 15.2 Å². The number of rotatable bonds is 2. The average molecular weight is 441 g/mol. The Morgan fingerprint density at radius 3 is 2.77 bits per heavy atom. The molecule has 1 unspecified atom stereocenters. The minimum atomic E-state index is -0.640. The lowest BCUT2D eigenvalue weighted by molar-refractivity contribution is -0.135. The summed E-state index contributed by atoms with van der Waals surface area (Å²) < 4.78 is 6.49. The summed E-state index contributed by atoms with van der Waals surface area (Å²) in [5.74, 6) is -0.829. The van der Waals surface area contributed by atoms with Gasteiger partial charge in [0.1, 0.15) is 0 Å². The number of amidine groups is 1. The lowest BCUT2D eigenvalue weighted by Gasteiger charge is -2.37. The lowest BCUT2D eigenvalue weighted by atomic mass is 9.81. The van der Waals surface area contributed by atoms with E-state index in [2.05, 4.69) is 46.8 Å². The molecule has 2 aliphatic heterocycles. The average Bonchev–Trinajstić information content (AvgIpc) is 3.19. The summed E-state index contributed by atoms with van der Waals surface area (Å²) in [4.78, 5) is 27.4. The van der Waals surface area contributed by atoms with Crippen molar-refractivity contribution in [1.82, 2.24) is 4.57 Å². The first kappa shape index (κ1) is 21.3. The Bertz CT molecular complexity index is 1240. The number of aromatic nitrogens is 1. The first-order valence-corrected chi connectivity index (χ1v) is 10.8. The Morgan fingerprint density at radius 2 is 2.10 bits per heavy atom. The van der Waals surface area contributed by atoms with Crippen molar-refractivity contribution in [3.8, 4) is 5.88 Å². The van der Waals surface area contributed by atoms with Gasteiger partial charge in [-0.2, -0.15) is 4.99 Å². The summed E-state index contributed by atoms with van der Waals surface area (Å²) in [6.45, 7) is 10.5. The van der Waals surface area contributed by atoms with Crippen LogP contribution in [0.1, 0.15) is 49.8 Å². The molecule has 31 heavy (non-hydrogen) atoms. The van der Waals surface area contributed by atoms with Crippen LogP contribution in [0, 0.1) is 13.8 Å². The first-order chi connectivity index (χ1) is 14.5. The van der Waals surface area contributed by atoms with Crippen LogP contribution in [-0.2, 0) is 19.9 Å². The van der Waals surface area contributed by atoms with Crippen molar-refractivity contribution >= 4 is 45.4 Å². The fraction of sp³-hybridized carbons (Fsp3) is 0.409. The van der Waals surface area contributed by atoms with Crippen LogP contribution in [0.15, 0.2) is 32.3 Å². The maximum absolute atomic E-state index is 12.0. The van der Waals surface area contributed by atoms with Crippen LogP contribution in [0.3, 0.4) is 0 Å². The predicted octanol–water partition coefficient (Wildman–Crippen LogP) is 4.98. The summed E-state index contributed by atoms with van der Waals surface area (Å²) in [5, 5.41) is 20.6. The highest BCUT2D eigenvalue weighted by molar-refractivity contribution is 8.18. The summed E-state index contributed by atoms with van der Waals surface area (Å²) in [7, 11) is 1.23. The third kappa shape index (κ3) is 3.37. The minimum Gasteiger partial charge on any atom is -0.493 e. The molecule has 0 bridgehead atoms. The number of aromatic hydroxyl groups is 1. The van der Waals surface area contributed by atoms with Crippen LogP contribution in [0.25, 0.3) is 10.9 Å². The number of ether oxygens (including phenoxy) is 1. The smallest absolute Gasteiger partial charge is 0.331 e. The van der Waals surface area contributed by atoms with E-state index in [1.807, 2.05) is 18.4 Å². The molecule has 2 aromatic rings. The fourth-order valence-corrected chi connectivity index (χ4v) is 5.19. The van der Waals surface area contributed by atoms with Gasteiger partial charge >= 0.3 is 5.97 Å². The monoisotopic (exact) mass is 440 g/mol. The highest BCUT2D eigenvalue weighted by Crippen LogP contribution is 2.52. The van der Waals surface area contributed by atoms with Gasteiger partial charge in [-0.1, -0.05) is 13.0 Å². The molecule has 0 aliphatic carbocycles. The SMILES string of the molecule is COC(=O)/C=C1\SC(N=Nc2c(O)n3c4c(cc(C)c(C)c24)C(C)CC3(C)C)=NC1=O. The second-order valence-electron chi connectivity index (χ2n) is 8.59. The van der Waals surface area contributed by atoms with Gasteiger partial charge in [-0.3, -0.25) is 4.79 Å². The van der Waals surface area contributed by atoms with Gasteiger partial charge < -0.3 is 14.4 Å². The number of esters is 1. The highest BCUT2D eigenvalue weighted by Gasteiger charge is 2.37. The summed E-state index contributed by atoms with van der Waals surface area (Å²) in [6.07, 6.45) is 1.96. The minimum absolute atomic E-state index is 0.0471. The van der Waals surface area contributed by atoms with Crippen molar-refractivity contribution in [3.63, 3.8) is 0 Å². The van der Waals surface area contributed by atoms with E-state index in [0.717, 1.165) is 46.3 Å². The summed E-state index contributed by atoms with van der Waals surface area (Å²) in [6, 6.07) is 2.19. The molecule has 0 saturated heterocycles. The van der Waals surface area contributed by atoms with E-state index in [4.69, 9.17) is 0 Å². The molecule has 0 spiro atoms. The lowest BCUT2D eigenvalue weighted by Crippen LogP contribution is -2.31. The molecule has 1 atom stereocenters. The normalized spacial score (nSPS) is 21.4. The largest absolute Gasteiger partial charge is 0.493 e. The summed E-state index contributed by atoms with van der Waals surface area (Å²) in [5.41, 5.74) is 4.36. The van der Waals surface area contributed by atoms with Gasteiger partial charge in [-0.15, -0.1) is 10.2 Å². The topological polar surface area (TPSA) is 106 Å². The van der Waals surface area contributed by atoms with E-state index in [1.54, 1.807) is 0 Å². The number of carbonyl (C=O) groups is 2. The van der Waals surface area contributed by atoms with E-state index in [1.165, 1.54) is 12.7 Å². The number of benzene rings is 1. The number of hydrogen-bond donors (Lipinski definition) is 1. The van der Waals surface area contributed by atoms with E-state index >= 15 is 0 Å². The third-order valence-electron chi connectivity index (χ3n) is 5.97. The Morgan fingerprint density at radius 1 is 1.39 bits per heavy atom. The van der Waals surface area contributed by atoms with Gasteiger partial charge in [0, 0.05) is 17.0 Å². The Kier molecular flexibility index (Phi) is 5.04. The van der Waals surface area contributed by atoms with Crippen LogP contribution in [0.2, 0.25) is 0 Å². The zero-order valence-electron chi connectivity index (χ0n) is 18.3. The maximum atomic E-state index is 12.0. The van der Waals surface area contributed by atoms with Crippen molar-refractivity contribution in [3.05, 3.63) is 33.7 Å². The van der Waals surface area contributed by atoms with E-state index in [-0.39, 0.29) is 21.5 Å². The van der Waals surface area contributed by atoms with Crippen LogP contribution in [-0.4, -0.2) is 33.8 Å². The van der Waals surface area contributed by atoms with Crippen LogP contribution < -0.4 is 0 Å².